The number of sulfonamides is 1. The average Bonchev–Trinajstić information content (AvgIpc) is 3.13. The minimum absolute atomic E-state index is 0.0927. The number of nitrogens with one attached hydrogen (secondary N) is 2. The first-order chi connectivity index (χ1) is 16.7. The van der Waals surface area contributed by atoms with Gasteiger partial charge in [0.05, 0.1) is 10.4 Å². The largest absolute Gasteiger partial charge is 0.419 e. The van der Waals surface area contributed by atoms with Crippen molar-refractivity contribution in [1.29, 1.82) is 0 Å². The molecule has 0 bridgehead atoms. The summed E-state index contributed by atoms with van der Waals surface area (Å²) in [5, 5.41) is 2.85. The fraction of sp³-hybridized carbons (Fsp3) is 0.231. The summed E-state index contributed by atoms with van der Waals surface area (Å²) in [6, 6.07) is 20.4. The van der Waals surface area contributed by atoms with E-state index in [9.17, 15) is 18.0 Å². The number of carbonyl (C=O) groups is 1. The first-order valence-electron chi connectivity index (χ1n) is 11.2. The second kappa shape index (κ2) is 10.3. The number of oxazole rings is 1. The monoisotopic (exact) mass is 493 g/mol. The van der Waals surface area contributed by atoms with E-state index >= 15 is 0 Å². The van der Waals surface area contributed by atoms with Crippen LogP contribution in [0.1, 0.15) is 16.7 Å². The van der Waals surface area contributed by atoms with Crippen LogP contribution in [-0.2, 0) is 34.7 Å². The number of rotatable bonds is 9. The molecule has 1 aromatic heterocycles. The predicted molar refractivity (Wildman–Crippen MR) is 134 cm³/mol. The number of hydrogen-bond acceptors (Lipinski definition) is 5. The summed E-state index contributed by atoms with van der Waals surface area (Å²) >= 11 is 0. The first-order valence-corrected chi connectivity index (χ1v) is 12.7. The van der Waals surface area contributed by atoms with E-state index in [2.05, 4.69) is 10.0 Å². The Balaban J connectivity index is 1.52. The number of carbonyl (C=O) groups excluding carboxylic acids is 1. The molecule has 2 N–H and O–H groups in total. The molecule has 3 aromatic carbocycles. The highest BCUT2D eigenvalue weighted by Crippen LogP contribution is 2.19. The van der Waals surface area contributed by atoms with Gasteiger partial charge in [0.15, 0.2) is 5.58 Å². The molecule has 0 unspecified atom stereocenters. The predicted octanol–water partition coefficient (Wildman–Crippen LogP) is 2.69. The zero-order chi connectivity index (χ0) is 25.0. The number of aromatic nitrogens is 1. The lowest BCUT2D eigenvalue weighted by Crippen LogP contribution is -2.48. The standard InChI is InChI=1S/C26H27N3O5S/c1-18-8-10-19(11-9-18)14-15-27-25(30)22(16-20-6-4-3-5-7-20)28-35(32,33)21-12-13-23-24(17-21)34-26(31)29(23)2/h3-13,17,22,28H,14-16H2,1-2H3,(H,27,30)/t22-/m0/s1. The third kappa shape index (κ3) is 5.87. The molecular weight excluding hydrogens is 466 g/mol. The van der Waals surface area contributed by atoms with E-state index < -0.39 is 27.7 Å². The van der Waals surface area contributed by atoms with E-state index in [0.29, 0.717) is 18.5 Å². The van der Waals surface area contributed by atoms with E-state index in [0.717, 1.165) is 16.7 Å². The molecule has 0 fully saturated rings. The highest BCUT2D eigenvalue weighted by molar-refractivity contribution is 7.89. The maximum Gasteiger partial charge on any atom is 0.419 e. The zero-order valence-corrected chi connectivity index (χ0v) is 20.3. The lowest BCUT2D eigenvalue weighted by atomic mass is 10.1. The smallest absolute Gasteiger partial charge is 0.408 e. The molecule has 0 aliphatic carbocycles. The van der Waals surface area contributed by atoms with Crippen LogP contribution in [-0.4, -0.2) is 31.5 Å². The highest BCUT2D eigenvalue weighted by atomic mass is 32.2. The van der Waals surface area contributed by atoms with Crippen LogP contribution in [0.2, 0.25) is 0 Å². The molecule has 0 radical (unpaired) electrons. The lowest BCUT2D eigenvalue weighted by molar-refractivity contribution is -0.122. The van der Waals surface area contributed by atoms with Crippen molar-refractivity contribution in [1.82, 2.24) is 14.6 Å². The Kier molecular flexibility index (Phi) is 7.18. The molecule has 4 rings (SSSR count). The van der Waals surface area contributed by atoms with Crippen molar-refractivity contribution < 1.29 is 17.6 Å². The number of amides is 1. The summed E-state index contributed by atoms with van der Waals surface area (Å²) in [5.41, 5.74) is 3.68. The summed E-state index contributed by atoms with van der Waals surface area (Å²) < 4.78 is 35.3. The van der Waals surface area contributed by atoms with Gasteiger partial charge in [0.2, 0.25) is 15.9 Å². The number of nitrogens with zero attached hydrogens (tertiary/aromatic N) is 1. The average molecular weight is 494 g/mol. The molecule has 1 heterocycles. The van der Waals surface area contributed by atoms with Gasteiger partial charge < -0.3 is 9.73 Å². The Bertz CT molecular complexity index is 1490. The van der Waals surface area contributed by atoms with Crippen molar-refractivity contribution in [3.63, 3.8) is 0 Å². The molecule has 0 saturated carbocycles. The van der Waals surface area contributed by atoms with E-state index in [-0.39, 0.29) is 16.9 Å². The molecule has 4 aromatic rings. The maximum absolute atomic E-state index is 13.2. The van der Waals surface area contributed by atoms with E-state index in [4.69, 9.17) is 4.42 Å². The summed E-state index contributed by atoms with van der Waals surface area (Å²) in [6.45, 7) is 2.38. The first kappa shape index (κ1) is 24.4. The van der Waals surface area contributed by atoms with Crippen LogP contribution < -0.4 is 15.8 Å². The van der Waals surface area contributed by atoms with Crippen LogP contribution in [0.25, 0.3) is 11.1 Å². The van der Waals surface area contributed by atoms with Crippen molar-refractivity contribution in [3.05, 3.63) is 100 Å². The van der Waals surface area contributed by atoms with Crippen LogP contribution >= 0.6 is 0 Å². The van der Waals surface area contributed by atoms with Gasteiger partial charge in [-0.3, -0.25) is 9.36 Å². The number of benzene rings is 3. The number of aryl methyl sites for hydroxylation is 2. The zero-order valence-electron chi connectivity index (χ0n) is 19.5. The van der Waals surface area contributed by atoms with E-state index in [1.54, 1.807) is 0 Å². The summed E-state index contributed by atoms with van der Waals surface area (Å²) in [5.74, 6) is -1.01. The van der Waals surface area contributed by atoms with Crippen LogP contribution in [0.5, 0.6) is 0 Å². The summed E-state index contributed by atoms with van der Waals surface area (Å²) in [7, 11) is -2.54. The van der Waals surface area contributed by atoms with Gasteiger partial charge in [0.1, 0.15) is 6.04 Å². The van der Waals surface area contributed by atoms with Crippen molar-refractivity contribution in [2.24, 2.45) is 7.05 Å². The van der Waals surface area contributed by atoms with Gasteiger partial charge in [-0.05, 0) is 43.0 Å². The van der Waals surface area contributed by atoms with Crippen LogP contribution in [0.15, 0.2) is 86.9 Å². The second-order valence-corrected chi connectivity index (χ2v) is 10.2. The minimum atomic E-state index is -4.08. The third-order valence-corrected chi connectivity index (χ3v) is 7.27. The SMILES string of the molecule is Cc1ccc(CCNC(=O)[C@H](Cc2ccccc2)NS(=O)(=O)c2ccc3c(c2)oc(=O)n3C)cc1. The third-order valence-electron chi connectivity index (χ3n) is 5.80. The molecular formula is C26H27N3O5S. The molecule has 9 heteroatoms. The molecule has 0 aliphatic rings. The highest BCUT2D eigenvalue weighted by Gasteiger charge is 2.26. The topological polar surface area (TPSA) is 110 Å². The van der Waals surface area contributed by atoms with Gasteiger partial charge in [0, 0.05) is 19.7 Å². The molecule has 0 spiro atoms. The molecule has 0 aliphatic heterocycles. The summed E-state index contributed by atoms with van der Waals surface area (Å²) in [4.78, 5) is 24.7. The molecule has 1 amide bonds. The van der Waals surface area contributed by atoms with Gasteiger partial charge in [-0.2, -0.15) is 4.72 Å². The van der Waals surface area contributed by atoms with Gasteiger partial charge in [-0.25, -0.2) is 13.2 Å². The normalized spacial score (nSPS) is 12.5. The van der Waals surface area contributed by atoms with E-state index in [1.165, 1.54) is 29.8 Å². The number of fused-ring (bicyclic) bond motifs is 1. The Morgan fingerprint density at radius 3 is 2.43 bits per heavy atom. The number of hydrogen-bond donors (Lipinski definition) is 2. The van der Waals surface area contributed by atoms with Crippen molar-refractivity contribution >= 4 is 27.0 Å². The molecule has 0 saturated heterocycles. The van der Waals surface area contributed by atoms with Crippen LogP contribution in [0.4, 0.5) is 0 Å². The Hall–Kier alpha value is -3.69. The Morgan fingerprint density at radius 1 is 1.00 bits per heavy atom. The fourth-order valence-electron chi connectivity index (χ4n) is 3.78. The summed E-state index contributed by atoms with van der Waals surface area (Å²) in [6.07, 6.45) is 0.805. The van der Waals surface area contributed by atoms with Crippen LogP contribution in [0, 0.1) is 6.92 Å². The Morgan fingerprint density at radius 2 is 1.71 bits per heavy atom. The van der Waals surface area contributed by atoms with Crippen molar-refractivity contribution in [2.75, 3.05) is 6.54 Å². The van der Waals surface area contributed by atoms with Gasteiger partial charge in [-0.1, -0.05) is 60.2 Å². The van der Waals surface area contributed by atoms with E-state index in [1.807, 2.05) is 61.5 Å². The second-order valence-electron chi connectivity index (χ2n) is 8.45. The van der Waals surface area contributed by atoms with Crippen LogP contribution in [0.3, 0.4) is 0 Å². The van der Waals surface area contributed by atoms with Gasteiger partial charge >= 0.3 is 5.76 Å². The fourth-order valence-corrected chi connectivity index (χ4v) is 4.99. The quantitative estimate of drug-likeness (QED) is 0.373. The van der Waals surface area contributed by atoms with Gasteiger partial charge in [0.25, 0.3) is 0 Å². The molecule has 182 valence electrons. The van der Waals surface area contributed by atoms with Gasteiger partial charge in [-0.15, -0.1) is 0 Å². The minimum Gasteiger partial charge on any atom is -0.408 e. The van der Waals surface area contributed by atoms with Crippen molar-refractivity contribution in [2.45, 2.75) is 30.7 Å². The lowest BCUT2D eigenvalue weighted by Gasteiger charge is -2.19. The Labute approximate surface area is 203 Å². The molecule has 1 atom stereocenters. The molecule has 35 heavy (non-hydrogen) atoms. The van der Waals surface area contributed by atoms with Crippen molar-refractivity contribution in [3.8, 4) is 0 Å². The molecule has 8 nitrogen and oxygen atoms in total. The maximum atomic E-state index is 13.2.